The van der Waals surface area contributed by atoms with Gasteiger partial charge < -0.3 is 21.1 Å². The van der Waals surface area contributed by atoms with Gasteiger partial charge in [-0.25, -0.2) is 0 Å². The van der Waals surface area contributed by atoms with Crippen LogP contribution in [0.2, 0.25) is 0 Å². The number of thiophene rings is 1. The molecule has 1 rings (SSSR count). The third-order valence-electron chi connectivity index (χ3n) is 2.84. The zero-order valence-corrected chi connectivity index (χ0v) is 14.0. The Morgan fingerprint density at radius 1 is 1.50 bits per heavy atom. The summed E-state index contributed by atoms with van der Waals surface area (Å²) in [6.45, 7) is 5.20. The number of methoxy groups -OCH3 is 1. The molecule has 0 aliphatic carbocycles. The van der Waals surface area contributed by atoms with Crippen LogP contribution >= 0.6 is 23.1 Å². The number of amides is 1. The Bertz CT molecular complexity index is 449. The van der Waals surface area contributed by atoms with E-state index in [1.165, 1.54) is 11.3 Å². The maximum absolute atomic E-state index is 12.0. The maximum Gasteiger partial charge on any atom is 0.263 e. The minimum atomic E-state index is -0.113. The van der Waals surface area contributed by atoms with Crippen molar-refractivity contribution in [2.24, 2.45) is 0 Å². The van der Waals surface area contributed by atoms with E-state index in [9.17, 15) is 4.79 Å². The fourth-order valence-corrected chi connectivity index (χ4v) is 3.80. The molecular weight excluding hydrogens is 294 g/mol. The molecule has 0 radical (unpaired) electrons. The van der Waals surface area contributed by atoms with E-state index < -0.39 is 0 Å². The summed E-state index contributed by atoms with van der Waals surface area (Å²) in [6, 6.07) is 0.214. The second-order valence-electron chi connectivity index (χ2n) is 4.27. The van der Waals surface area contributed by atoms with Crippen molar-refractivity contribution in [2.75, 3.05) is 37.6 Å². The Morgan fingerprint density at radius 2 is 2.20 bits per heavy atom. The molecule has 1 atom stereocenters. The van der Waals surface area contributed by atoms with Gasteiger partial charge in [0.15, 0.2) is 0 Å². The molecule has 4 N–H and O–H groups in total. The Kier molecular flexibility index (Phi) is 7.18. The largest absolute Gasteiger partial charge is 0.396 e. The number of thioether (sulfide) groups is 1. The van der Waals surface area contributed by atoms with Gasteiger partial charge in [-0.05, 0) is 19.6 Å². The summed E-state index contributed by atoms with van der Waals surface area (Å²) in [7, 11) is 1.68. The number of hydrogen-bond acceptors (Lipinski definition) is 6. The highest BCUT2D eigenvalue weighted by Crippen LogP contribution is 2.42. The zero-order chi connectivity index (χ0) is 15.1. The first-order chi connectivity index (χ1) is 9.58. The lowest BCUT2D eigenvalue weighted by Crippen LogP contribution is -2.23. The second kappa shape index (κ2) is 8.39. The van der Waals surface area contributed by atoms with Crippen LogP contribution in [0.5, 0.6) is 0 Å². The van der Waals surface area contributed by atoms with E-state index in [2.05, 4.69) is 17.6 Å². The smallest absolute Gasteiger partial charge is 0.263 e. The fraction of sp³-hybridized carbons (Fsp3) is 0.615. The quantitative estimate of drug-likeness (QED) is 0.643. The van der Waals surface area contributed by atoms with Gasteiger partial charge in [-0.15, -0.1) is 23.1 Å². The van der Waals surface area contributed by atoms with Crippen LogP contribution in [-0.4, -0.2) is 38.5 Å². The van der Waals surface area contributed by atoms with E-state index in [1.54, 1.807) is 18.9 Å². The van der Waals surface area contributed by atoms with Crippen molar-refractivity contribution in [1.82, 2.24) is 5.32 Å². The monoisotopic (exact) mass is 317 g/mol. The second-order valence-corrected chi connectivity index (χ2v) is 6.11. The van der Waals surface area contributed by atoms with Crippen molar-refractivity contribution < 1.29 is 9.53 Å². The number of hydrogen-bond donors (Lipinski definition) is 3. The van der Waals surface area contributed by atoms with Gasteiger partial charge in [-0.3, -0.25) is 4.79 Å². The zero-order valence-electron chi connectivity index (χ0n) is 12.4. The van der Waals surface area contributed by atoms with E-state index in [1.807, 2.05) is 13.2 Å². The van der Waals surface area contributed by atoms with Gasteiger partial charge in [0, 0.05) is 19.7 Å². The Labute approximate surface area is 128 Å². The first-order valence-corrected chi connectivity index (χ1v) is 8.62. The summed E-state index contributed by atoms with van der Waals surface area (Å²) in [4.78, 5) is 13.5. The molecule has 114 valence electrons. The lowest BCUT2D eigenvalue weighted by Gasteiger charge is -2.16. The van der Waals surface area contributed by atoms with Crippen molar-refractivity contribution in [3.8, 4) is 0 Å². The first-order valence-electron chi connectivity index (χ1n) is 6.58. The van der Waals surface area contributed by atoms with Crippen molar-refractivity contribution in [3.05, 3.63) is 4.88 Å². The summed E-state index contributed by atoms with van der Waals surface area (Å²) >= 11 is 2.95. The van der Waals surface area contributed by atoms with Gasteiger partial charge >= 0.3 is 0 Å². The summed E-state index contributed by atoms with van der Waals surface area (Å²) in [5.41, 5.74) is 6.65. The molecule has 0 saturated carbocycles. The number of ether oxygens (including phenoxy) is 1. The SMILES string of the molecule is CCNC(=O)c1sc(NC(CC)COC)c(SC)c1N. The van der Waals surface area contributed by atoms with E-state index in [-0.39, 0.29) is 11.9 Å². The van der Waals surface area contributed by atoms with Crippen LogP contribution in [0.1, 0.15) is 29.9 Å². The van der Waals surface area contributed by atoms with Crippen LogP contribution in [0, 0.1) is 0 Å². The van der Waals surface area contributed by atoms with Crippen LogP contribution in [0.4, 0.5) is 10.7 Å². The molecule has 1 unspecified atom stereocenters. The Hall–Kier alpha value is -0.920. The van der Waals surface area contributed by atoms with Crippen molar-refractivity contribution >= 4 is 39.7 Å². The Balaban J connectivity index is 3.01. The van der Waals surface area contributed by atoms with Crippen LogP contribution in [0.3, 0.4) is 0 Å². The minimum absolute atomic E-state index is 0.113. The average molecular weight is 317 g/mol. The highest BCUT2D eigenvalue weighted by molar-refractivity contribution is 7.99. The van der Waals surface area contributed by atoms with Gasteiger partial charge in [-0.1, -0.05) is 6.92 Å². The third-order valence-corrected chi connectivity index (χ3v) is 4.94. The average Bonchev–Trinajstić information content (AvgIpc) is 2.74. The minimum Gasteiger partial charge on any atom is -0.396 e. The number of rotatable bonds is 8. The van der Waals surface area contributed by atoms with E-state index >= 15 is 0 Å². The topological polar surface area (TPSA) is 76.4 Å². The molecular formula is C13H23N3O2S2. The number of nitrogens with one attached hydrogen (secondary N) is 2. The van der Waals surface area contributed by atoms with E-state index in [0.717, 1.165) is 16.3 Å². The van der Waals surface area contributed by atoms with E-state index in [0.29, 0.717) is 23.7 Å². The van der Waals surface area contributed by atoms with Crippen LogP contribution in [0.25, 0.3) is 0 Å². The molecule has 0 saturated heterocycles. The molecule has 1 heterocycles. The molecule has 20 heavy (non-hydrogen) atoms. The molecule has 0 aliphatic rings. The van der Waals surface area contributed by atoms with Gasteiger partial charge in [0.25, 0.3) is 5.91 Å². The standard InChI is InChI=1S/C13H23N3O2S2/c1-5-8(7-18-3)16-13-11(19-4)9(14)10(20-13)12(17)15-6-2/h8,16H,5-7,14H2,1-4H3,(H,15,17). The summed E-state index contributed by atoms with van der Waals surface area (Å²) in [6.07, 6.45) is 2.90. The molecule has 1 aromatic heterocycles. The highest BCUT2D eigenvalue weighted by Gasteiger charge is 2.21. The predicted octanol–water partition coefficient (Wildman–Crippen LogP) is 2.64. The predicted molar refractivity (Wildman–Crippen MR) is 88.1 cm³/mol. The van der Waals surface area contributed by atoms with Crippen molar-refractivity contribution in [1.29, 1.82) is 0 Å². The Morgan fingerprint density at radius 3 is 2.70 bits per heavy atom. The third kappa shape index (κ3) is 4.04. The highest BCUT2D eigenvalue weighted by atomic mass is 32.2. The lowest BCUT2D eigenvalue weighted by atomic mass is 10.2. The summed E-state index contributed by atoms with van der Waals surface area (Å²) in [5.74, 6) is -0.113. The summed E-state index contributed by atoms with van der Waals surface area (Å²) in [5, 5.41) is 7.15. The number of nitrogen functional groups attached to an aromatic ring is 1. The fourth-order valence-electron chi connectivity index (χ4n) is 1.78. The van der Waals surface area contributed by atoms with Gasteiger partial charge in [-0.2, -0.15) is 0 Å². The normalized spacial score (nSPS) is 12.2. The molecule has 0 spiro atoms. The summed E-state index contributed by atoms with van der Waals surface area (Å²) < 4.78 is 5.19. The van der Waals surface area contributed by atoms with Gasteiger partial charge in [0.05, 0.1) is 17.2 Å². The number of carbonyl (C=O) groups excluding carboxylic acids is 1. The number of nitrogens with two attached hydrogens (primary N) is 1. The molecule has 0 aromatic carbocycles. The van der Waals surface area contributed by atoms with Gasteiger partial charge in [0.2, 0.25) is 0 Å². The van der Waals surface area contributed by atoms with E-state index in [4.69, 9.17) is 10.5 Å². The molecule has 5 nitrogen and oxygen atoms in total. The number of carbonyl (C=O) groups is 1. The van der Waals surface area contributed by atoms with Crippen LogP contribution < -0.4 is 16.4 Å². The molecule has 1 aromatic rings. The molecule has 0 fully saturated rings. The molecule has 0 aliphatic heterocycles. The number of anilines is 2. The molecule has 0 bridgehead atoms. The molecule has 1 amide bonds. The van der Waals surface area contributed by atoms with Crippen LogP contribution in [-0.2, 0) is 4.74 Å². The molecule has 7 heteroatoms. The van der Waals surface area contributed by atoms with Gasteiger partial charge in [0.1, 0.15) is 9.88 Å². The van der Waals surface area contributed by atoms with Crippen molar-refractivity contribution in [3.63, 3.8) is 0 Å². The first kappa shape index (κ1) is 17.1. The maximum atomic E-state index is 12.0. The van der Waals surface area contributed by atoms with Crippen LogP contribution in [0.15, 0.2) is 4.90 Å². The van der Waals surface area contributed by atoms with Crippen molar-refractivity contribution in [2.45, 2.75) is 31.2 Å². The lowest BCUT2D eigenvalue weighted by molar-refractivity contribution is 0.0960.